The number of amides is 1. The standard InChI is InChI=1S/C27H27F2N9O3S2/c1-15-12-36(9-10-37(15)25(39)16-3-2-4-16)22-20-18-6-5-17(43(40,41)35-27(13-30)7-8-27)11-19(18)38(23(20)32-14-31-22)26-34-33-24(42-26)21(28)29/h5-6,11,14-16,21,35H,2-4,7-10,12H2,1H3/t15-/m1/s1. The Kier molecular flexibility index (Phi) is 6.60. The molecule has 3 aromatic heterocycles. The summed E-state index contributed by atoms with van der Waals surface area (Å²) in [6.45, 7) is 3.60. The van der Waals surface area contributed by atoms with Crippen molar-refractivity contribution in [1.82, 2.24) is 34.4 Å². The highest BCUT2D eigenvalue weighted by Crippen LogP contribution is 2.40. The molecule has 43 heavy (non-hydrogen) atoms. The maximum Gasteiger partial charge on any atom is 0.291 e. The van der Waals surface area contributed by atoms with Crippen LogP contribution in [0.3, 0.4) is 0 Å². The number of nitriles is 1. The van der Waals surface area contributed by atoms with Crippen molar-refractivity contribution in [2.24, 2.45) is 5.92 Å². The number of carbonyl (C=O) groups is 1. The molecule has 4 heterocycles. The minimum absolute atomic E-state index is 0.0605. The molecule has 1 aromatic carbocycles. The molecule has 2 aliphatic carbocycles. The Balaban J connectivity index is 1.34. The van der Waals surface area contributed by atoms with E-state index in [2.05, 4.69) is 29.8 Å². The Morgan fingerprint density at radius 2 is 2.00 bits per heavy atom. The summed E-state index contributed by atoms with van der Waals surface area (Å²) in [5.74, 6) is 0.886. The summed E-state index contributed by atoms with van der Waals surface area (Å²) in [7, 11) is -4.08. The lowest BCUT2D eigenvalue weighted by atomic mass is 9.84. The number of alkyl halides is 2. The minimum Gasteiger partial charge on any atom is -0.352 e. The van der Waals surface area contributed by atoms with E-state index in [9.17, 15) is 27.3 Å². The number of carbonyl (C=O) groups excluding carboxylic acids is 1. The fourth-order valence-corrected chi connectivity index (χ4v) is 7.96. The molecule has 3 fully saturated rings. The summed E-state index contributed by atoms with van der Waals surface area (Å²) < 4.78 is 57.6. The summed E-state index contributed by atoms with van der Waals surface area (Å²) in [5.41, 5.74) is -0.398. The molecule has 1 atom stereocenters. The molecule has 224 valence electrons. The van der Waals surface area contributed by atoms with E-state index in [1.54, 1.807) is 6.07 Å². The molecule has 1 amide bonds. The molecule has 16 heteroatoms. The first-order chi connectivity index (χ1) is 20.6. The fraction of sp³-hybridized carbons (Fsp3) is 0.481. The van der Waals surface area contributed by atoms with Gasteiger partial charge in [0.2, 0.25) is 21.1 Å². The van der Waals surface area contributed by atoms with Gasteiger partial charge in [0.15, 0.2) is 10.7 Å². The summed E-state index contributed by atoms with van der Waals surface area (Å²) in [6, 6.07) is 6.48. The van der Waals surface area contributed by atoms with Gasteiger partial charge in [-0.3, -0.25) is 9.36 Å². The highest BCUT2D eigenvalue weighted by atomic mass is 32.2. The molecule has 3 aliphatic rings. The zero-order valence-corrected chi connectivity index (χ0v) is 24.7. The third-order valence-corrected chi connectivity index (χ3v) is 11.0. The second kappa shape index (κ2) is 10.1. The van der Waals surface area contributed by atoms with Gasteiger partial charge in [0.25, 0.3) is 6.43 Å². The van der Waals surface area contributed by atoms with Crippen LogP contribution in [0.1, 0.15) is 50.5 Å². The van der Waals surface area contributed by atoms with Crippen molar-refractivity contribution in [3.63, 3.8) is 0 Å². The quantitative estimate of drug-likeness (QED) is 0.325. The number of hydrogen-bond acceptors (Lipinski definition) is 10. The molecule has 0 bridgehead atoms. The highest BCUT2D eigenvalue weighted by Gasteiger charge is 2.47. The molecular weight excluding hydrogens is 600 g/mol. The van der Waals surface area contributed by atoms with E-state index in [1.165, 1.54) is 23.0 Å². The van der Waals surface area contributed by atoms with Crippen LogP contribution in [0.2, 0.25) is 0 Å². The van der Waals surface area contributed by atoms with Gasteiger partial charge in [0, 0.05) is 37.0 Å². The number of anilines is 1. The van der Waals surface area contributed by atoms with Gasteiger partial charge in [-0.05, 0) is 44.7 Å². The Labute approximate surface area is 249 Å². The molecule has 7 rings (SSSR count). The van der Waals surface area contributed by atoms with Gasteiger partial charge in [0.05, 0.1) is 21.9 Å². The Morgan fingerprint density at radius 3 is 2.63 bits per heavy atom. The summed E-state index contributed by atoms with van der Waals surface area (Å²) in [6.07, 6.45) is 2.34. The van der Waals surface area contributed by atoms with E-state index in [0.29, 0.717) is 71.6 Å². The first-order valence-corrected chi connectivity index (χ1v) is 16.3. The number of piperazine rings is 1. The van der Waals surface area contributed by atoms with Crippen LogP contribution in [0.15, 0.2) is 29.4 Å². The number of rotatable bonds is 7. The lowest BCUT2D eigenvalue weighted by Crippen LogP contribution is -2.56. The van der Waals surface area contributed by atoms with Crippen LogP contribution in [-0.4, -0.2) is 75.2 Å². The normalized spacial score (nSPS) is 20.5. The lowest BCUT2D eigenvalue weighted by Gasteiger charge is -2.43. The average molecular weight is 628 g/mol. The molecule has 1 N–H and O–H groups in total. The highest BCUT2D eigenvalue weighted by molar-refractivity contribution is 7.89. The third kappa shape index (κ3) is 4.70. The predicted octanol–water partition coefficient (Wildman–Crippen LogP) is 3.53. The Hall–Kier alpha value is -3.81. The molecule has 1 aliphatic heterocycles. The number of sulfonamides is 1. The third-order valence-electron chi connectivity index (χ3n) is 8.57. The second-order valence-electron chi connectivity index (χ2n) is 11.4. The molecule has 4 aromatic rings. The van der Waals surface area contributed by atoms with Gasteiger partial charge in [-0.2, -0.15) is 9.98 Å². The Morgan fingerprint density at radius 1 is 1.21 bits per heavy atom. The molecule has 0 unspecified atom stereocenters. The van der Waals surface area contributed by atoms with Crippen molar-refractivity contribution in [3.8, 4) is 11.2 Å². The van der Waals surface area contributed by atoms with Crippen LogP contribution in [0.25, 0.3) is 27.1 Å². The number of nitrogens with zero attached hydrogens (tertiary/aromatic N) is 8. The van der Waals surface area contributed by atoms with E-state index < -0.39 is 27.0 Å². The lowest BCUT2D eigenvalue weighted by molar-refractivity contribution is -0.140. The summed E-state index contributed by atoms with van der Waals surface area (Å²) in [5, 5.41) is 17.9. The molecular formula is C27H27F2N9O3S2. The van der Waals surface area contributed by atoms with Crippen molar-refractivity contribution in [3.05, 3.63) is 29.5 Å². The van der Waals surface area contributed by atoms with Crippen LogP contribution in [0.5, 0.6) is 0 Å². The van der Waals surface area contributed by atoms with Crippen molar-refractivity contribution in [2.45, 2.75) is 61.9 Å². The smallest absolute Gasteiger partial charge is 0.291 e. The van der Waals surface area contributed by atoms with Crippen LogP contribution in [0, 0.1) is 17.2 Å². The first-order valence-electron chi connectivity index (χ1n) is 14.0. The topological polar surface area (TPSA) is 150 Å². The number of aromatic nitrogens is 5. The van der Waals surface area contributed by atoms with Gasteiger partial charge in [-0.15, -0.1) is 10.2 Å². The van der Waals surface area contributed by atoms with Crippen LogP contribution in [-0.2, 0) is 14.8 Å². The molecule has 0 radical (unpaired) electrons. The monoisotopic (exact) mass is 627 g/mol. The largest absolute Gasteiger partial charge is 0.352 e. The van der Waals surface area contributed by atoms with E-state index in [-0.39, 0.29) is 27.9 Å². The number of benzene rings is 1. The van der Waals surface area contributed by atoms with Crippen molar-refractivity contribution in [1.29, 1.82) is 5.26 Å². The van der Waals surface area contributed by atoms with Crippen LogP contribution >= 0.6 is 11.3 Å². The molecule has 12 nitrogen and oxygen atoms in total. The van der Waals surface area contributed by atoms with E-state index in [0.717, 1.165) is 19.3 Å². The van der Waals surface area contributed by atoms with Crippen LogP contribution in [0.4, 0.5) is 14.6 Å². The zero-order valence-electron chi connectivity index (χ0n) is 23.1. The Bertz CT molecular complexity index is 1910. The van der Waals surface area contributed by atoms with E-state index in [4.69, 9.17) is 0 Å². The van der Waals surface area contributed by atoms with Crippen molar-refractivity contribution >= 4 is 55.0 Å². The van der Waals surface area contributed by atoms with E-state index in [1.807, 2.05) is 17.9 Å². The maximum atomic E-state index is 13.5. The number of nitrogens with one attached hydrogen (secondary N) is 1. The first kappa shape index (κ1) is 28.0. The van der Waals surface area contributed by atoms with E-state index >= 15 is 0 Å². The minimum atomic E-state index is -4.08. The number of halogens is 2. The predicted molar refractivity (Wildman–Crippen MR) is 153 cm³/mol. The summed E-state index contributed by atoms with van der Waals surface area (Å²) in [4.78, 5) is 26.0. The van der Waals surface area contributed by atoms with Crippen molar-refractivity contribution in [2.75, 3.05) is 24.5 Å². The van der Waals surface area contributed by atoms with Gasteiger partial charge >= 0.3 is 0 Å². The molecule has 1 saturated heterocycles. The second-order valence-corrected chi connectivity index (χ2v) is 14.1. The van der Waals surface area contributed by atoms with Gasteiger partial charge in [-0.1, -0.05) is 23.8 Å². The van der Waals surface area contributed by atoms with Gasteiger partial charge < -0.3 is 9.80 Å². The van der Waals surface area contributed by atoms with Crippen molar-refractivity contribution < 1.29 is 22.0 Å². The zero-order chi connectivity index (χ0) is 30.1. The number of hydrogen-bond donors (Lipinski definition) is 1. The average Bonchev–Trinajstić information content (AvgIpc) is 3.39. The van der Waals surface area contributed by atoms with Crippen LogP contribution < -0.4 is 9.62 Å². The van der Waals surface area contributed by atoms with Gasteiger partial charge in [-0.25, -0.2) is 27.2 Å². The van der Waals surface area contributed by atoms with Gasteiger partial charge in [0.1, 0.15) is 17.7 Å². The molecule has 0 spiro atoms. The number of fused-ring (bicyclic) bond motifs is 3. The summed E-state index contributed by atoms with van der Waals surface area (Å²) >= 11 is 0.685. The molecule has 2 saturated carbocycles. The maximum absolute atomic E-state index is 13.5. The fourth-order valence-electron chi connectivity index (χ4n) is 5.85. The SMILES string of the molecule is C[C@@H]1CN(c2ncnc3c2c2ccc(S(=O)(=O)NC4(C#N)CC4)cc2n3-c2nnc(C(F)F)s2)CCN1C(=O)C1CCC1.